The Kier molecular flexibility index (Phi) is 5.02. The van der Waals surface area contributed by atoms with E-state index in [0.717, 1.165) is 31.8 Å². The Hall–Kier alpha value is -0.680. The smallest absolute Gasteiger partial charge is 0.235 e. The van der Waals surface area contributed by atoms with Crippen LogP contribution < -0.4 is 5.73 Å². The van der Waals surface area contributed by atoms with Crippen molar-refractivity contribution < 1.29 is 4.79 Å². The van der Waals surface area contributed by atoms with E-state index < -0.39 is 5.41 Å². The van der Waals surface area contributed by atoms with E-state index in [1.165, 1.54) is 32.5 Å². The minimum Gasteiger partial charge on any atom is -0.392 e. The van der Waals surface area contributed by atoms with Gasteiger partial charge in [0.2, 0.25) is 5.91 Å². The van der Waals surface area contributed by atoms with Crippen LogP contribution in [0.5, 0.6) is 0 Å². The van der Waals surface area contributed by atoms with Crippen molar-refractivity contribution in [1.29, 1.82) is 0 Å². The summed E-state index contributed by atoms with van der Waals surface area (Å²) in [6.45, 7) is 9.08. The highest BCUT2D eigenvalue weighted by Gasteiger charge is 2.36. The topological polar surface area (TPSA) is 49.6 Å². The van der Waals surface area contributed by atoms with Gasteiger partial charge in [-0.15, -0.1) is 0 Å². The van der Waals surface area contributed by atoms with Gasteiger partial charge in [-0.05, 0) is 58.5 Å². The van der Waals surface area contributed by atoms with E-state index in [-0.39, 0.29) is 5.91 Å². The summed E-state index contributed by atoms with van der Waals surface area (Å²) in [6, 6.07) is 0. The quantitative estimate of drug-likeness (QED) is 0.801. The first kappa shape index (κ1) is 15.7. The van der Waals surface area contributed by atoms with Gasteiger partial charge in [0.15, 0.2) is 0 Å². The molecule has 114 valence electrons. The van der Waals surface area contributed by atoms with Crippen LogP contribution in [0.3, 0.4) is 0 Å². The standard InChI is InChI=1S/C15H27N3OS/c1-15(2,13(16)20)14(19)18-9-5-12(6-10-18)11-17-7-3-4-8-17/h12H,3-11H2,1-2H3,(H2,16,20). The van der Waals surface area contributed by atoms with Gasteiger partial charge in [-0.3, -0.25) is 4.79 Å². The predicted octanol–water partition coefficient (Wildman–Crippen LogP) is 1.63. The number of hydrogen-bond acceptors (Lipinski definition) is 3. The normalized spacial score (nSPS) is 22.2. The molecule has 4 nitrogen and oxygen atoms in total. The largest absolute Gasteiger partial charge is 0.392 e. The van der Waals surface area contributed by atoms with Crippen molar-refractivity contribution in [2.24, 2.45) is 17.1 Å². The van der Waals surface area contributed by atoms with Crippen LogP contribution in [0, 0.1) is 11.3 Å². The summed E-state index contributed by atoms with van der Waals surface area (Å²) in [6.07, 6.45) is 4.91. The third kappa shape index (κ3) is 3.50. The number of hydrogen-bond donors (Lipinski definition) is 1. The van der Waals surface area contributed by atoms with Crippen LogP contribution in [0.25, 0.3) is 0 Å². The van der Waals surface area contributed by atoms with Crippen LogP contribution in [0.15, 0.2) is 0 Å². The van der Waals surface area contributed by atoms with Gasteiger partial charge in [-0.25, -0.2) is 0 Å². The molecule has 0 unspecified atom stereocenters. The molecule has 2 aliphatic rings. The lowest BCUT2D eigenvalue weighted by molar-refractivity contribution is -0.138. The summed E-state index contributed by atoms with van der Waals surface area (Å²) >= 11 is 5.02. The molecule has 0 bridgehead atoms. The van der Waals surface area contributed by atoms with Gasteiger partial charge in [-0.1, -0.05) is 12.2 Å². The summed E-state index contributed by atoms with van der Waals surface area (Å²) in [4.78, 5) is 17.3. The summed E-state index contributed by atoms with van der Waals surface area (Å²) in [5.41, 5.74) is 4.98. The summed E-state index contributed by atoms with van der Waals surface area (Å²) in [5.74, 6) is 0.828. The van der Waals surface area contributed by atoms with Gasteiger partial charge < -0.3 is 15.5 Å². The monoisotopic (exact) mass is 297 g/mol. The maximum absolute atomic E-state index is 12.5. The highest BCUT2D eigenvalue weighted by Crippen LogP contribution is 2.25. The second-order valence-electron chi connectivity index (χ2n) is 6.73. The first-order chi connectivity index (χ1) is 9.41. The van der Waals surface area contributed by atoms with Gasteiger partial charge in [0.05, 0.1) is 10.4 Å². The molecular formula is C15H27N3OS. The van der Waals surface area contributed by atoms with E-state index in [4.69, 9.17) is 18.0 Å². The Morgan fingerprint density at radius 2 is 1.75 bits per heavy atom. The predicted molar refractivity (Wildman–Crippen MR) is 85.5 cm³/mol. The van der Waals surface area contributed by atoms with Crippen molar-refractivity contribution in [3.63, 3.8) is 0 Å². The maximum atomic E-state index is 12.5. The fourth-order valence-corrected chi connectivity index (χ4v) is 3.24. The molecule has 5 heteroatoms. The molecule has 2 rings (SSSR count). The lowest BCUT2D eigenvalue weighted by atomic mass is 9.89. The molecule has 0 aromatic heterocycles. The highest BCUT2D eigenvalue weighted by molar-refractivity contribution is 7.80. The van der Waals surface area contributed by atoms with Crippen LogP contribution in [0.4, 0.5) is 0 Å². The first-order valence-electron chi connectivity index (χ1n) is 7.73. The Balaban J connectivity index is 1.81. The van der Waals surface area contributed by atoms with Gasteiger partial charge >= 0.3 is 0 Å². The van der Waals surface area contributed by atoms with Crippen molar-refractivity contribution in [2.45, 2.75) is 39.5 Å². The summed E-state index contributed by atoms with van der Waals surface area (Å²) in [7, 11) is 0. The average molecular weight is 297 g/mol. The molecule has 20 heavy (non-hydrogen) atoms. The van der Waals surface area contributed by atoms with Crippen molar-refractivity contribution in [3.8, 4) is 0 Å². The van der Waals surface area contributed by atoms with E-state index in [1.54, 1.807) is 0 Å². The number of amides is 1. The van der Waals surface area contributed by atoms with Gasteiger partial charge in [0, 0.05) is 19.6 Å². The van der Waals surface area contributed by atoms with Crippen LogP contribution >= 0.6 is 12.2 Å². The van der Waals surface area contributed by atoms with E-state index in [2.05, 4.69) is 4.90 Å². The highest BCUT2D eigenvalue weighted by atomic mass is 32.1. The lowest BCUT2D eigenvalue weighted by Crippen LogP contribution is -2.50. The molecule has 2 saturated heterocycles. The number of nitrogens with zero attached hydrogens (tertiary/aromatic N) is 2. The molecule has 0 spiro atoms. The third-order valence-corrected chi connectivity index (χ3v) is 5.28. The Bertz CT molecular complexity index is 369. The molecule has 0 radical (unpaired) electrons. The molecule has 2 aliphatic heterocycles. The molecule has 0 atom stereocenters. The van der Waals surface area contributed by atoms with E-state index in [0.29, 0.717) is 4.99 Å². The fraction of sp³-hybridized carbons (Fsp3) is 0.867. The van der Waals surface area contributed by atoms with Gasteiger partial charge in [0.1, 0.15) is 0 Å². The van der Waals surface area contributed by atoms with E-state index >= 15 is 0 Å². The van der Waals surface area contributed by atoms with E-state index in [1.807, 2.05) is 18.7 Å². The molecule has 2 heterocycles. The second kappa shape index (κ2) is 6.39. The van der Waals surface area contributed by atoms with Crippen LogP contribution in [0.2, 0.25) is 0 Å². The van der Waals surface area contributed by atoms with Gasteiger partial charge in [0.25, 0.3) is 0 Å². The Morgan fingerprint density at radius 1 is 1.20 bits per heavy atom. The van der Waals surface area contributed by atoms with Crippen LogP contribution in [-0.4, -0.2) is 53.4 Å². The zero-order valence-corrected chi connectivity index (χ0v) is 13.5. The number of carbonyl (C=O) groups is 1. The lowest BCUT2D eigenvalue weighted by Gasteiger charge is -2.37. The average Bonchev–Trinajstić information content (AvgIpc) is 2.91. The zero-order chi connectivity index (χ0) is 14.8. The fourth-order valence-electron chi connectivity index (χ4n) is 3.15. The number of rotatable bonds is 4. The number of nitrogens with two attached hydrogens (primary N) is 1. The molecule has 0 aliphatic carbocycles. The molecule has 0 aromatic rings. The third-order valence-electron chi connectivity index (χ3n) is 4.77. The van der Waals surface area contributed by atoms with Crippen molar-refractivity contribution >= 4 is 23.1 Å². The Labute approximate surface area is 127 Å². The second-order valence-corrected chi connectivity index (χ2v) is 7.17. The minimum absolute atomic E-state index is 0.0876. The SMILES string of the molecule is CC(C)(C(=O)N1CCC(CN2CCCC2)CC1)C(N)=S. The molecule has 2 N–H and O–H groups in total. The maximum Gasteiger partial charge on any atom is 0.235 e. The van der Waals surface area contributed by atoms with Crippen molar-refractivity contribution in [2.75, 3.05) is 32.7 Å². The molecule has 1 amide bonds. The van der Waals surface area contributed by atoms with Crippen molar-refractivity contribution in [3.05, 3.63) is 0 Å². The molecule has 2 fully saturated rings. The van der Waals surface area contributed by atoms with E-state index in [9.17, 15) is 4.79 Å². The van der Waals surface area contributed by atoms with Crippen molar-refractivity contribution in [1.82, 2.24) is 9.80 Å². The zero-order valence-electron chi connectivity index (χ0n) is 12.7. The van der Waals surface area contributed by atoms with Gasteiger partial charge in [-0.2, -0.15) is 0 Å². The summed E-state index contributed by atoms with van der Waals surface area (Å²) in [5, 5.41) is 0. The Morgan fingerprint density at radius 3 is 2.25 bits per heavy atom. The number of likely N-dealkylation sites (tertiary alicyclic amines) is 2. The molecular weight excluding hydrogens is 270 g/mol. The number of thiocarbonyl (C=S) groups is 1. The van der Waals surface area contributed by atoms with Crippen LogP contribution in [-0.2, 0) is 4.79 Å². The minimum atomic E-state index is -0.711. The number of carbonyl (C=O) groups excluding carboxylic acids is 1. The first-order valence-corrected chi connectivity index (χ1v) is 8.13. The molecule has 0 aromatic carbocycles. The van der Waals surface area contributed by atoms with Crippen LogP contribution in [0.1, 0.15) is 39.5 Å². The summed E-state index contributed by atoms with van der Waals surface area (Å²) < 4.78 is 0. The molecule has 0 saturated carbocycles. The number of piperidine rings is 1.